The van der Waals surface area contributed by atoms with Gasteiger partial charge in [-0.1, -0.05) is 36.0 Å². The normalized spacial score (nSPS) is 13.2. The first-order chi connectivity index (χ1) is 13.7. The zero-order valence-electron chi connectivity index (χ0n) is 15.5. The molecule has 28 heavy (non-hydrogen) atoms. The van der Waals surface area contributed by atoms with Gasteiger partial charge in [-0.2, -0.15) is 0 Å². The Labute approximate surface area is 171 Å². The zero-order valence-corrected chi connectivity index (χ0v) is 17.1. The van der Waals surface area contributed by atoms with Crippen LogP contribution in [0.25, 0.3) is 10.9 Å². The maximum atomic E-state index is 12.5. The third-order valence-corrected chi connectivity index (χ3v) is 6.87. The second-order valence-corrected chi connectivity index (χ2v) is 8.69. The van der Waals surface area contributed by atoms with Crippen LogP contribution in [-0.2, 0) is 22.4 Å². The minimum atomic E-state index is -0.376. The number of carbonyl (C=O) groups excluding carboxylic acids is 2. The van der Waals surface area contributed by atoms with Gasteiger partial charge in [0, 0.05) is 10.3 Å². The fraction of sp³-hybridized carbons (Fsp3) is 0.286. The van der Waals surface area contributed by atoms with E-state index in [9.17, 15) is 9.59 Å². The highest BCUT2D eigenvalue weighted by atomic mass is 32.2. The van der Waals surface area contributed by atoms with E-state index in [2.05, 4.69) is 10.3 Å². The highest BCUT2D eigenvalue weighted by Gasteiger charge is 2.26. The molecular formula is C21H20N2O3S2. The molecule has 3 aromatic rings. The number of pyridine rings is 1. The van der Waals surface area contributed by atoms with Gasteiger partial charge in [0.05, 0.1) is 29.0 Å². The number of para-hydroxylation sites is 1. The summed E-state index contributed by atoms with van der Waals surface area (Å²) in [6, 6.07) is 11.8. The number of amides is 1. The van der Waals surface area contributed by atoms with Crippen LogP contribution in [0.2, 0.25) is 0 Å². The summed E-state index contributed by atoms with van der Waals surface area (Å²) in [7, 11) is 1.38. The Kier molecular flexibility index (Phi) is 5.64. The molecule has 0 saturated carbocycles. The van der Waals surface area contributed by atoms with Crippen molar-refractivity contribution < 1.29 is 14.3 Å². The van der Waals surface area contributed by atoms with Crippen LogP contribution < -0.4 is 5.32 Å². The molecule has 5 nitrogen and oxygen atoms in total. The van der Waals surface area contributed by atoms with Crippen molar-refractivity contribution in [3.05, 3.63) is 52.4 Å². The number of benzene rings is 1. The molecule has 0 atom stereocenters. The van der Waals surface area contributed by atoms with Crippen molar-refractivity contribution in [2.45, 2.75) is 30.7 Å². The lowest BCUT2D eigenvalue weighted by atomic mass is 9.95. The SMILES string of the molecule is COC(=O)c1c(NC(=O)CSc2ccc3ccccc3n2)sc2c1CCCC2. The molecule has 1 N–H and O–H groups in total. The number of methoxy groups -OCH3 is 1. The minimum Gasteiger partial charge on any atom is -0.465 e. The average molecular weight is 413 g/mol. The topological polar surface area (TPSA) is 68.3 Å². The maximum absolute atomic E-state index is 12.5. The molecule has 0 spiro atoms. The van der Waals surface area contributed by atoms with E-state index in [1.165, 1.54) is 35.1 Å². The molecule has 2 aromatic heterocycles. The Morgan fingerprint density at radius 1 is 1.18 bits per heavy atom. The van der Waals surface area contributed by atoms with Crippen LogP contribution in [0.4, 0.5) is 5.00 Å². The number of esters is 1. The highest BCUT2D eigenvalue weighted by Crippen LogP contribution is 2.38. The molecule has 1 aliphatic rings. The molecule has 0 bridgehead atoms. The number of hydrogen-bond donors (Lipinski definition) is 1. The number of nitrogens with zero attached hydrogens (tertiary/aromatic N) is 1. The van der Waals surface area contributed by atoms with Crippen molar-refractivity contribution in [2.75, 3.05) is 18.2 Å². The Morgan fingerprint density at radius 3 is 2.86 bits per heavy atom. The van der Waals surface area contributed by atoms with Gasteiger partial charge in [0.1, 0.15) is 5.00 Å². The summed E-state index contributed by atoms with van der Waals surface area (Å²) in [5, 5.41) is 5.40. The van der Waals surface area contributed by atoms with Crippen molar-refractivity contribution in [1.29, 1.82) is 0 Å². The van der Waals surface area contributed by atoms with Crippen LogP contribution >= 0.6 is 23.1 Å². The Bertz CT molecular complexity index is 1050. The second kappa shape index (κ2) is 8.32. The van der Waals surface area contributed by atoms with Gasteiger partial charge in [-0.25, -0.2) is 9.78 Å². The number of thiophene rings is 1. The Balaban J connectivity index is 1.47. The van der Waals surface area contributed by atoms with E-state index in [0.717, 1.165) is 47.2 Å². The van der Waals surface area contributed by atoms with Crippen molar-refractivity contribution in [3.8, 4) is 0 Å². The van der Waals surface area contributed by atoms with E-state index in [0.29, 0.717) is 10.6 Å². The quantitative estimate of drug-likeness (QED) is 0.486. The van der Waals surface area contributed by atoms with Crippen LogP contribution in [-0.4, -0.2) is 29.7 Å². The van der Waals surface area contributed by atoms with Crippen LogP contribution in [0.5, 0.6) is 0 Å². The lowest BCUT2D eigenvalue weighted by molar-refractivity contribution is -0.113. The van der Waals surface area contributed by atoms with Crippen LogP contribution in [0.15, 0.2) is 41.4 Å². The molecule has 1 amide bonds. The van der Waals surface area contributed by atoms with E-state index in [4.69, 9.17) is 4.74 Å². The maximum Gasteiger partial charge on any atom is 0.341 e. The number of fused-ring (bicyclic) bond motifs is 2. The fourth-order valence-electron chi connectivity index (χ4n) is 3.40. The van der Waals surface area contributed by atoms with Gasteiger partial charge in [-0.05, 0) is 43.4 Å². The average Bonchev–Trinajstić information content (AvgIpc) is 3.09. The summed E-state index contributed by atoms with van der Waals surface area (Å²) in [4.78, 5) is 30.6. The number of aromatic nitrogens is 1. The molecule has 2 heterocycles. The van der Waals surface area contributed by atoms with E-state index >= 15 is 0 Å². The molecular weight excluding hydrogens is 392 g/mol. The van der Waals surface area contributed by atoms with Gasteiger partial charge >= 0.3 is 5.97 Å². The summed E-state index contributed by atoms with van der Waals surface area (Å²) in [6.45, 7) is 0. The second-order valence-electron chi connectivity index (χ2n) is 6.59. The zero-order chi connectivity index (χ0) is 19.5. The Morgan fingerprint density at radius 2 is 2.00 bits per heavy atom. The van der Waals surface area contributed by atoms with E-state index in [1.807, 2.05) is 36.4 Å². The predicted octanol–water partition coefficient (Wildman–Crippen LogP) is 4.69. The van der Waals surface area contributed by atoms with Crippen LogP contribution in [0.3, 0.4) is 0 Å². The monoisotopic (exact) mass is 412 g/mol. The third kappa shape index (κ3) is 3.91. The van der Waals surface area contributed by atoms with Crippen molar-refractivity contribution in [1.82, 2.24) is 4.98 Å². The third-order valence-electron chi connectivity index (χ3n) is 4.74. The lowest BCUT2D eigenvalue weighted by Gasteiger charge is -2.11. The first-order valence-corrected chi connectivity index (χ1v) is 11.0. The number of anilines is 1. The van der Waals surface area contributed by atoms with Gasteiger partial charge in [-0.15, -0.1) is 11.3 Å². The molecule has 1 aliphatic carbocycles. The van der Waals surface area contributed by atoms with Crippen LogP contribution in [0, 0.1) is 0 Å². The lowest BCUT2D eigenvalue weighted by Crippen LogP contribution is -2.16. The molecule has 1 aromatic carbocycles. The number of thioether (sulfide) groups is 1. The number of aryl methyl sites for hydroxylation is 1. The van der Waals surface area contributed by atoms with Gasteiger partial charge in [0.15, 0.2) is 0 Å². The van der Waals surface area contributed by atoms with Gasteiger partial charge < -0.3 is 10.1 Å². The van der Waals surface area contributed by atoms with Gasteiger partial charge in [0.2, 0.25) is 5.91 Å². The standard InChI is InChI=1S/C21H20N2O3S2/c1-26-21(25)19-14-7-3-5-9-16(14)28-20(19)23-17(24)12-27-18-11-10-13-6-2-4-8-15(13)22-18/h2,4,6,8,10-11H,3,5,7,9,12H2,1H3,(H,23,24). The number of carbonyl (C=O) groups is 2. The number of hydrogen-bond acceptors (Lipinski definition) is 6. The first-order valence-electron chi connectivity index (χ1n) is 9.17. The smallest absolute Gasteiger partial charge is 0.341 e. The fourth-order valence-corrected chi connectivity index (χ4v) is 5.37. The van der Waals surface area contributed by atoms with E-state index in [1.54, 1.807) is 0 Å². The van der Waals surface area contributed by atoms with Crippen LogP contribution in [0.1, 0.15) is 33.6 Å². The van der Waals surface area contributed by atoms with E-state index in [-0.39, 0.29) is 17.6 Å². The predicted molar refractivity (Wildman–Crippen MR) is 113 cm³/mol. The summed E-state index contributed by atoms with van der Waals surface area (Å²) in [5.41, 5.74) is 2.48. The number of ether oxygens (including phenoxy) is 1. The molecule has 4 rings (SSSR count). The molecule has 0 saturated heterocycles. The van der Waals surface area contributed by atoms with Gasteiger partial charge in [-0.3, -0.25) is 4.79 Å². The highest BCUT2D eigenvalue weighted by molar-refractivity contribution is 7.99. The first kappa shape index (κ1) is 19.0. The van der Waals surface area contributed by atoms with Gasteiger partial charge in [0.25, 0.3) is 0 Å². The Hall–Kier alpha value is -2.38. The molecule has 144 valence electrons. The molecule has 7 heteroatoms. The van der Waals surface area contributed by atoms with Crippen molar-refractivity contribution >= 4 is 50.9 Å². The molecule has 0 unspecified atom stereocenters. The molecule has 0 radical (unpaired) electrons. The van der Waals surface area contributed by atoms with Crippen molar-refractivity contribution in [2.24, 2.45) is 0 Å². The van der Waals surface area contributed by atoms with Crippen molar-refractivity contribution in [3.63, 3.8) is 0 Å². The molecule has 0 fully saturated rings. The largest absolute Gasteiger partial charge is 0.465 e. The summed E-state index contributed by atoms with van der Waals surface area (Å²) in [6.07, 6.45) is 3.99. The number of rotatable bonds is 5. The minimum absolute atomic E-state index is 0.149. The summed E-state index contributed by atoms with van der Waals surface area (Å²) in [5.74, 6) is -0.295. The number of nitrogens with one attached hydrogen (secondary N) is 1. The molecule has 0 aliphatic heterocycles. The summed E-state index contributed by atoms with van der Waals surface area (Å²) < 4.78 is 4.95. The van der Waals surface area contributed by atoms with E-state index < -0.39 is 0 Å². The summed E-state index contributed by atoms with van der Waals surface area (Å²) >= 11 is 2.88.